The SMILES string of the molecule is CN(c1ccc(O)cc1)c1nnc(Cc2ccc(O)cc2)n1C.Cl. The number of rotatable bonds is 4. The smallest absolute Gasteiger partial charge is 0.231 e. The van der Waals surface area contributed by atoms with Gasteiger partial charge in [0.1, 0.15) is 17.3 Å². The van der Waals surface area contributed by atoms with E-state index in [1.54, 1.807) is 24.3 Å². The van der Waals surface area contributed by atoms with E-state index < -0.39 is 0 Å². The third-order valence-electron chi connectivity index (χ3n) is 3.78. The van der Waals surface area contributed by atoms with Crippen molar-refractivity contribution in [2.45, 2.75) is 6.42 Å². The van der Waals surface area contributed by atoms with Crippen molar-refractivity contribution < 1.29 is 10.2 Å². The molecule has 0 aliphatic rings. The molecule has 0 aliphatic heterocycles. The summed E-state index contributed by atoms with van der Waals surface area (Å²) in [5.74, 6) is 2.02. The van der Waals surface area contributed by atoms with Crippen molar-refractivity contribution in [3.63, 3.8) is 0 Å². The minimum Gasteiger partial charge on any atom is -0.508 e. The molecular formula is C17H19ClN4O2. The number of aromatic hydroxyl groups is 2. The molecule has 3 rings (SSSR count). The molecule has 2 N–H and O–H groups in total. The molecule has 0 bridgehead atoms. The molecule has 6 nitrogen and oxygen atoms in total. The highest BCUT2D eigenvalue weighted by Crippen LogP contribution is 2.24. The number of nitrogens with zero attached hydrogens (tertiary/aromatic N) is 4. The number of benzene rings is 2. The normalized spacial score (nSPS) is 10.2. The molecule has 0 unspecified atom stereocenters. The van der Waals surface area contributed by atoms with Crippen LogP contribution in [0.4, 0.5) is 11.6 Å². The second kappa shape index (κ2) is 7.23. The predicted molar refractivity (Wildman–Crippen MR) is 95.3 cm³/mol. The number of anilines is 2. The zero-order valence-electron chi connectivity index (χ0n) is 13.4. The van der Waals surface area contributed by atoms with Crippen LogP contribution in [0.3, 0.4) is 0 Å². The Labute approximate surface area is 146 Å². The summed E-state index contributed by atoms with van der Waals surface area (Å²) in [6, 6.07) is 14.0. The summed E-state index contributed by atoms with van der Waals surface area (Å²) in [6.07, 6.45) is 0.632. The van der Waals surface area contributed by atoms with Gasteiger partial charge in [-0.15, -0.1) is 22.6 Å². The average Bonchev–Trinajstić information content (AvgIpc) is 2.90. The van der Waals surface area contributed by atoms with Gasteiger partial charge in [-0.05, 0) is 42.0 Å². The highest BCUT2D eigenvalue weighted by atomic mass is 35.5. The monoisotopic (exact) mass is 346 g/mol. The van der Waals surface area contributed by atoms with Crippen LogP contribution in [0.5, 0.6) is 11.5 Å². The molecule has 0 aliphatic carbocycles. The molecule has 3 aromatic rings. The summed E-state index contributed by atoms with van der Waals surface area (Å²) in [6.45, 7) is 0. The highest BCUT2D eigenvalue weighted by molar-refractivity contribution is 5.85. The topological polar surface area (TPSA) is 74.4 Å². The van der Waals surface area contributed by atoms with Crippen LogP contribution in [0, 0.1) is 0 Å². The van der Waals surface area contributed by atoms with E-state index in [9.17, 15) is 10.2 Å². The van der Waals surface area contributed by atoms with Gasteiger partial charge in [-0.1, -0.05) is 12.1 Å². The Morgan fingerprint density at radius 1 is 0.917 bits per heavy atom. The van der Waals surface area contributed by atoms with Gasteiger partial charge in [0.15, 0.2) is 0 Å². The molecular weight excluding hydrogens is 328 g/mol. The van der Waals surface area contributed by atoms with E-state index in [1.165, 1.54) is 0 Å². The maximum absolute atomic E-state index is 9.38. The van der Waals surface area contributed by atoms with Gasteiger partial charge in [0, 0.05) is 26.2 Å². The molecule has 0 saturated carbocycles. The molecule has 0 fully saturated rings. The van der Waals surface area contributed by atoms with E-state index in [-0.39, 0.29) is 23.9 Å². The molecule has 24 heavy (non-hydrogen) atoms. The molecule has 7 heteroatoms. The number of aromatic nitrogens is 3. The zero-order valence-corrected chi connectivity index (χ0v) is 14.2. The third kappa shape index (κ3) is 3.60. The van der Waals surface area contributed by atoms with E-state index in [2.05, 4.69) is 10.2 Å². The quantitative estimate of drug-likeness (QED) is 0.759. The fourth-order valence-electron chi connectivity index (χ4n) is 2.39. The van der Waals surface area contributed by atoms with Crippen LogP contribution in [0.15, 0.2) is 48.5 Å². The van der Waals surface area contributed by atoms with Crippen molar-refractivity contribution in [2.24, 2.45) is 7.05 Å². The summed E-state index contributed by atoms with van der Waals surface area (Å²) >= 11 is 0. The van der Waals surface area contributed by atoms with Crippen molar-refractivity contribution in [2.75, 3.05) is 11.9 Å². The second-order valence-corrected chi connectivity index (χ2v) is 5.39. The first kappa shape index (κ1) is 17.6. The van der Waals surface area contributed by atoms with Crippen LogP contribution in [-0.2, 0) is 13.5 Å². The van der Waals surface area contributed by atoms with Crippen LogP contribution in [-0.4, -0.2) is 32.0 Å². The maximum Gasteiger partial charge on any atom is 0.231 e. The van der Waals surface area contributed by atoms with Gasteiger partial charge in [-0.25, -0.2) is 0 Å². The van der Waals surface area contributed by atoms with Gasteiger partial charge in [0.05, 0.1) is 0 Å². The van der Waals surface area contributed by atoms with Crippen molar-refractivity contribution in [3.05, 3.63) is 59.9 Å². The largest absolute Gasteiger partial charge is 0.508 e. The molecule has 1 heterocycles. The van der Waals surface area contributed by atoms with Crippen LogP contribution in [0.1, 0.15) is 11.4 Å². The summed E-state index contributed by atoms with van der Waals surface area (Å²) < 4.78 is 1.93. The van der Waals surface area contributed by atoms with Crippen molar-refractivity contribution in [1.82, 2.24) is 14.8 Å². The van der Waals surface area contributed by atoms with Gasteiger partial charge in [-0.3, -0.25) is 4.57 Å². The standard InChI is InChI=1S/C17H18N4O2.ClH/c1-20(13-5-9-15(23)10-6-13)17-19-18-16(21(17)2)11-12-3-7-14(22)8-4-12;/h3-10,22-23H,11H2,1-2H3;1H. The fraction of sp³-hybridized carbons (Fsp3) is 0.176. The first-order valence-corrected chi connectivity index (χ1v) is 7.23. The van der Waals surface area contributed by atoms with Gasteiger partial charge in [0.25, 0.3) is 0 Å². The molecule has 0 amide bonds. The lowest BCUT2D eigenvalue weighted by atomic mass is 10.1. The third-order valence-corrected chi connectivity index (χ3v) is 3.78. The summed E-state index contributed by atoms with van der Waals surface area (Å²) in [4.78, 5) is 1.91. The first-order valence-electron chi connectivity index (χ1n) is 7.23. The average molecular weight is 347 g/mol. The zero-order chi connectivity index (χ0) is 16.4. The molecule has 0 spiro atoms. The Balaban J connectivity index is 0.00000208. The Bertz CT molecular complexity index is 800. The van der Waals surface area contributed by atoms with Crippen LogP contribution < -0.4 is 4.90 Å². The van der Waals surface area contributed by atoms with Crippen molar-refractivity contribution in [1.29, 1.82) is 0 Å². The molecule has 1 aromatic heterocycles. The van der Waals surface area contributed by atoms with E-state index in [4.69, 9.17) is 0 Å². The van der Waals surface area contributed by atoms with E-state index in [0.717, 1.165) is 17.1 Å². The predicted octanol–water partition coefficient (Wildman–Crippen LogP) is 3.01. The second-order valence-electron chi connectivity index (χ2n) is 5.39. The Hall–Kier alpha value is -2.73. The Morgan fingerprint density at radius 2 is 1.46 bits per heavy atom. The van der Waals surface area contributed by atoms with Crippen molar-refractivity contribution in [3.8, 4) is 11.5 Å². The molecule has 2 aromatic carbocycles. The van der Waals surface area contributed by atoms with Crippen LogP contribution >= 0.6 is 12.4 Å². The summed E-state index contributed by atoms with van der Waals surface area (Å²) in [5.41, 5.74) is 1.96. The highest BCUT2D eigenvalue weighted by Gasteiger charge is 2.14. The number of halogens is 1. The lowest BCUT2D eigenvalue weighted by Gasteiger charge is -2.18. The molecule has 0 atom stereocenters. The molecule has 0 radical (unpaired) electrons. The van der Waals surface area contributed by atoms with Gasteiger partial charge >= 0.3 is 0 Å². The van der Waals surface area contributed by atoms with Crippen LogP contribution in [0.2, 0.25) is 0 Å². The summed E-state index contributed by atoms with van der Waals surface area (Å²) in [5, 5.41) is 27.2. The summed E-state index contributed by atoms with van der Waals surface area (Å²) in [7, 11) is 3.82. The lowest BCUT2D eigenvalue weighted by Crippen LogP contribution is -2.15. The maximum atomic E-state index is 9.38. The number of hydrogen-bond acceptors (Lipinski definition) is 5. The number of hydrogen-bond donors (Lipinski definition) is 2. The first-order chi connectivity index (χ1) is 11.0. The lowest BCUT2D eigenvalue weighted by molar-refractivity contribution is 0.474. The minimum absolute atomic E-state index is 0. The fourth-order valence-corrected chi connectivity index (χ4v) is 2.39. The van der Waals surface area contributed by atoms with Gasteiger partial charge < -0.3 is 15.1 Å². The van der Waals surface area contributed by atoms with Crippen molar-refractivity contribution >= 4 is 24.0 Å². The van der Waals surface area contributed by atoms with E-state index in [0.29, 0.717) is 12.4 Å². The Morgan fingerprint density at radius 3 is 2.04 bits per heavy atom. The number of phenols is 2. The van der Waals surface area contributed by atoms with E-state index in [1.807, 2.05) is 47.8 Å². The number of phenolic OH excluding ortho intramolecular Hbond substituents is 2. The molecule has 0 saturated heterocycles. The Kier molecular flexibility index (Phi) is 5.31. The minimum atomic E-state index is 0. The van der Waals surface area contributed by atoms with E-state index >= 15 is 0 Å². The van der Waals surface area contributed by atoms with Crippen LogP contribution in [0.25, 0.3) is 0 Å². The van der Waals surface area contributed by atoms with Gasteiger partial charge in [0.2, 0.25) is 5.95 Å². The molecule has 126 valence electrons. The van der Waals surface area contributed by atoms with Gasteiger partial charge in [-0.2, -0.15) is 0 Å².